The summed E-state index contributed by atoms with van der Waals surface area (Å²) in [4.78, 5) is 11.9. The molecule has 3 N–H and O–H groups in total. The Bertz CT molecular complexity index is 639. The predicted octanol–water partition coefficient (Wildman–Crippen LogP) is 2.81. The fourth-order valence-corrected chi connectivity index (χ4v) is 1.70. The van der Waals surface area contributed by atoms with E-state index in [0.29, 0.717) is 23.2 Å². The monoisotopic (exact) mass is 278 g/mol. The predicted molar refractivity (Wildman–Crippen MR) is 71.7 cm³/mol. The van der Waals surface area contributed by atoms with Gasteiger partial charge in [-0.3, -0.25) is 4.79 Å². The Morgan fingerprint density at radius 1 is 1.15 bits per heavy atom. The first-order chi connectivity index (χ1) is 9.49. The normalized spacial score (nSPS) is 10.2. The third-order valence-corrected chi connectivity index (χ3v) is 2.61. The van der Waals surface area contributed by atoms with Crippen molar-refractivity contribution in [2.75, 3.05) is 18.2 Å². The third-order valence-electron chi connectivity index (χ3n) is 2.61. The van der Waals surface area contributed by atoms with E-state index in [0.717, 1.165) is 12.1 Å². The molecule has 1 amide bonds. The molecular formula is C14H12F2N2O2. The van der Waals surface area contributed by atoms with Gasteiger partial charge in [-0.05, 0) is 30.3 Å². The lowest BCUT2D eigenvalue weighted by atomic mass is 10.2. The molecule has 0 aliphatic rings. The van der Waals surface area contributed by atoms with Crippen LogP contribution >= 0.6 is 0 Å². The van der Waals surface area contributed by atoms with Crippen LogP contribution in [-0.2, 0) is 0 Å². The summed E-state index contributed by atoms with van der Waals surface area (Å²) in [5.41, 5.74) is 6.33. The van der Waals surface area contributed by atoms with E-state index < -0.39 is 17.5 Å². The average molecular weight is 278 g/mol. The Kier molecular flexibility index (Phi) is 3.84. The highest BCUT2D eigenvalue weighted by molar-refractivity contribution is 6.04. The Morgan fingerprint density at radius 3 is 2.35 bits per heavy atom. The molecule has 0 radical (unpaired) electrons. The number of benzene rings is 2. The maximum absolute atomic E-state index is 13.0. The SMILES string of the molecule is COc1ccc(NC(=O)c2cc(F)cc(F)c2)cc1N. The van der Waals surface area contributed by atoms with Gasteiger partial charge in [0.25, 0.3) is 5.91 Å². The summed E-state index contributed by atoms with van der Waals surface area (Å²) in [6, 6.07) is 7.24. The number of methoxy groups -OCH3 is 1. The second kappa shape index (κ2) is 5.56. The number of hydrogen-bond acceptors (Lipinski definition) is 3. The van der Waals surface area contributed by atoms with E-state index in [2.05, 4.69) is 5.32 Å². The molecule has 2 aromatic carbocycles. The summed E-state index contributed by atoms with van der Waals surface area (Å²) >= 11 is 0. The number of carbonyl (C=O) groups excluding carboxylic acids is 1. The molecule has 0 aliphatic carbocycles. The Balaban J connectivity index is 2.21. The first-order valence-electron chi connectivity index (χ1n) is 5.70. The summed E-state index contributed by atoms with van der Waals surface area (Å²) in [5, 5.41) is 2.50. The first-order valence-corrected chi connectivity index (χ1v) is 5.70. The maximum Gasteiger partial charge on any atom is 0.255 e. The van der Waals surface area contributed by atoms with Crippen LogP contribution in [0.1, 0.15) is 10.4 Å². The summed E-state index contributed by atoms with van der Waals surface area (Å²) in [7, 11) is 1.47. The molecule has 0 heterocycles. The second-order valence-electron chi connectivity index (χ2n) is 4.07. The summed E-state index contributed by atoms with van der Waals surface area (Å²) in [5.74, 6) is -1.79. The Morgan fingerprint density at radius 2 is 1.80 bits per heavy atom. The number of amides is 1. The van der Waals surface area contributed by atoms with Gasteiger partial charge in [-0.15, -0.1) is 0 Å². The van der Waals surface area contributed by atoms with Crippen LogP contribution < -0.4 is 15.8 Å². The summed E-state index contributed by atoms with van der Waals surface area (Å²) in [6.45, 7) is 0. The van der Waals surface area contributed by atoms with Gasteiger partial charge in [0.2, 0.25) is 0 Å². The van der Waals surface area contributed by atoms with Crippen LogP contribution in [0.2, 0.25) is 0 Å². The fourth-order valence-electron chi connectivity index (χ4n) is 1.70. The second-order valence-corrected chi connectivity index (χ2v) is 4.07. The number of nitrogens with one attached hydrogen (secondary N) is 1. The molecule has 104 valence electrons. The molecule has 0 aromatic heterocycles. The van der Waals surface area contributed by atoms with Gasteiger partial charge in [-0.25, -0.2) is 8.78 Å². The largest absolute Gasteiger partial charge is 0.495 e. The van der Waals surface area contributed by atoms with Gasteiger partial charge in [-0.1, -0.05) is 0 Å². The van der Waals surface area contributed by atoms with Gasteiger partial charge >= 0.3 is 0 Å². The highest BCUT2D eigenvalue weighted by Gasteiger charge is 2.10. The molecule has 20 heavy (non-hydrogen) atoms. The Labute approximate surface area is 114 Å². The number of nitrogen functional groups attached to an aromatic ring is 1. The van der Waals surface area contributed by atoms with Crippen LogP contribution in [0.5, 0.6) is 5.75 Å². The zero-order valence-electron chi connectivity index (χ0n) is 10.6. The van der Waals surface area contributed by atoms with Crippen molar-refractivity contribution in [3.05, 3.63) is 53.6 Å². The molecule has 0 unspecified atom stereocenters. The van der Waals surface area contributed by atoms with Crippen molar-refractivity contribution in [3.8, 4) is 5.75 Å². The van der Waals surface area contributed by atoms with Crippen molar-refractivity contribution in [1.29, 1.82) is 0 Å². The molecule has 0 saturated heterocycles. The number of carbonyl (C=O) groups is 1. The maximum atomic E-state index is 13.0. The van der Waals surface area contributed by atoms with Crippen LogP contribution in [0.25, 0.3) is 0 Å². The van der Waals surface area contributed by atoms with Gasteiger partial charge in [0.1, 0.15) is 17.4 Å². The molecule has 2 rings (SSSR count). The minimum absolute atomic E-state index is 0.114. The Hall–Kier alpha value is -2.63. The number of ether oxygens (including phenoxy) is 1. The standard InChI is InChI=1S/C14H12F2N2O2/c1-20-13-3-2-11(7-12(13)17)18-14(19)8-4-9(15)6-10(16)5-8/h2-7H,17H2,1H3,(H,18,19). The molecule has 6 heteroatoms. The lowest BCUT2D eigenvalue weighted by Crippen LogP contribution is -2.12. The zero-order chi connectivity index (χ0) is 14.7. The third kappa shape index (κ3) is 3.03. The highest BCUT2D eigenvalue weighted by atomic mass is 19.1. The first kappa shape index (κ1) is 13.8. The molecule has 0 saturated carbocycles. The summed E-state index contributed by atoms with van der Waals surface area (Å²) in [6.07, 6.45) is 0. The van der Waals surface area contributed by atoms with Crippen molar-refractivity contribution in [2.45, 2.75) is 0 Å². The smallest absolute Gasteiger partial charge is 0.255 e. The molecule has 0 bridgehead atoms. The minimum atomic E-state index is -0.815. The van der Waals surface area contributed by atoms with Crippen LogP contribution in [0, 0.1) is 11.6 Å². The topological polar surface area (TPSA) is 64.3 Å². The van der Waals surface area contributed by atoms with Gasteiger partial charge in [0.15, 0.2) is 0 Å². The van der Waals surface area contributed by atoms with E-state index in [1.54, 1.807) is 12.1 Å². The lowest BCUT2D eigenvalue weighted by molar-refractivity contribution is 0.102. The number of rotatable bonds is 3. The van der Waals surface area contributed by atoms with E-state index in [-0.39, 0.29) is 5.56 Å². The van der Waals surface area contributed by atoms with Gasteiger partial charge in [0.05, 0.1) is 12.8 Å². The molecule has 0 atom stereocenters. The lowest BCUT2D eigenvalue weighted by Gasteiger charge is -2.09. The van der Waals surface area contributed by atoms with E-state index in [1.165, 1.54) is 13.2 Å². The van der Waals surface area contributed by atoms with Crippen molar-refractivity contribution < 1.29 is 18.3 Å². The van der Waals surface area contributed by atoms with E-state index in [9.17, 15) is 13.6 Å². The van der Waals surface area contributed by atoms with Crippen LogP contribution in [0.4, 0.5) is 20.2 Å². The average Bonchev–Trinajstić information content (AvgIpc) is 2.37. The highest BCUT2D eigenvalue weighted by Crippen LogP contribution is 2.24. The van der Waals surface area contributed by atoms with E-state index in [4.69, 9.17) is 10.5 Å². The van der Waals surface area contributed by atoms with Crippen molar-refractivity contribution >= 4 is 17.3 Å². The number of nitrogens with two attached hydrogens (primary N) is 1. The molecule has 0 spiro atoms. The quantitative estimate of drug-likeness (QED) is 0.848. The number of halogens is 2. The number of hydrogen-bond donors (Lipinski definition) is 2. The van der Waals surface area contributed by atoms with Crippen molar-refractivity contribution in [2.24, 2.45) is 0 Å². The molecule has 2 aromatic rings. The van der Waals surface area contributed by atoms with Crippen molar-refractivity contribution in [1.82, 2.24) is 0 Å². The van der Waals surface area contributed by atoms with Gasteiger partial charge in [-0.2, -0.15) is 0 Å². The van der Waals surface area contributed by atoms with Crippen LogP contribution in [-0.4, -0.2) is 13.0 Å². The van der Waals surface area contributed by atoms with Gasteiger partial charge in [0, 0.05) is 17.3 Å². The van der Waals surface area contributed by atoms with E-state index >= 15 is 0 Å². The zero-order valence-corrected chi connectivity index (χ0v) is 10.6. The van der Waals surface area contributed by atoms with Crippen LogP contribution in [0.15, 0.2) is 36.4 Å². The van der Waals surface area contributed by atoms with Gasteiger partial charge < -0.3 is 15.8 Å². The molecule has 4 nitrogen and oxygen atoms in total. The minimum Gasteiger partial charge on any atom is -0.495 e. The summed E-state index contributed by atoms with van der Waals surface area (Å²) < 4.78 is 31.1. The fraction of sp³-hybridized carbons (Fsp3) is 0.0714. The van der Waals surface area contributed by atoms with Crippen molar-refractivity contribution in [3.63, 3.8) is 0 Å². The molecule has 0 aliphatic heterocycles. The number of anilines is 2. The van der Waals surface area contributed by atoms with Crippen LogP contribution in [0.3, 0.4) is 0 Å². The molecule has 0 fully saturated rings. The molecular weight excluding hydrogens is 266 g/mol. The van der Waals surface area contributed by atoms with E-state index in [1.807, 2.05) is 0 Å².